The first-order valence-electron chi connectivity index (χ1n) is 15.2. The maximum absolute atomic E-state index is 6.43. The first-order chi connectivity index (χ1) is 19.7. The highest BCUT2D eigenvalue weighted by Gasteiger charge is 2.31. The topological polar surface area (TPSA) is 61.6 Å². The summed E-state index contributed by atoms with van der Waals surface area (Å²) in [5.41, 5.74) is 2.72. The Morgan fingerprint density at radius 1 is 0.700 bits per heavy atom. The fourth-order valence-corrected chi connectivity index (χ4v) is 5.86. The average molecular weight is 541 g/mol. The van der Waals surface area contributed by atoms with E-state index in [1.807, 2.05) is 48.5 Å². The van der Waals surface area contributed by atoms with E-state index in [9.17, 15) is 0 Å². The van der Waals surface area contributed by atoms with Gasteiger partial charge in [0.05, 0.1) is 34.9 Å². The van der Waals surface area contributed by atoms with Crippen molar-refractivity contribution in [3.05, 3.63) is 54.1 Å². The number of rotatable bonds is 12. The van der Waals surface area contributed by atoms with Gasteiger partial charge >= 0.3 is 0 Å². The van der Waals surface area contributed by atoms with Crippen molar-refractivity contribution in [2.75, 3.05) is 13.2 Å². The predicted octanol–water partition coefficient (Wildman–Crippen LogP) is 9.07. The van der Waals surface area contributed by atoms with Crippen LogP contribution in [0.5, 0.6) is 17.2 Å². The Labute approximate surface area is 237 Å². The highest BCUT2D eigenvalue weighted by molar-refractivity contribution is 6.14. The minimum atomic E-state index is 0.324. The van der Waals surface area contributed by atoms with Gasteiger partial charge in [-0.3, -0.25) is 0 Å². The molecule has 0 bridgehead atoms. The molecule has 0 saturated heterocycles. The van der Waals surface area contributed by atoms with Gasteiger partial charge in [0.1, 0.15) is 17.2 Å². The van der Waals surface area contributed by atoms with Crippen LogP contribution in [0.2, 0.25) is 0 Å². The van der Waals surface area contributed by atoms with Gasteiger partial charge in [0.25, 0.3) is 0 Å². The van der Waals surface area contributed by atoms with Gasteiger partial charge in [-0.1, -0.05) is 39.5 Å². The van der Waals surface area contributed by atoms with Gasteiger partial charge in [-0.05, 0) is 87.1 Å². The predicted molar refractivity (Wildman–Crippen MR) is 161 cm³/mol. The quantitative estimate of drug-likeness (QED) is 0.215. The summed E-state index contributed by atoms with van der Waals surface area (Å²) in [6, 6.07) is 16.1. The van der Waals surface area contributed by atoms with Crippen molar-refractivity contribution >= 4 is 33.9 Å². The second kappa shape index (κ2) is 12.4. The van der Waals surface area contributed by atoms with Gasteiger partial charge in [0.2, 0.25) is 5.90 Å². The van der Waals surface area contributed by atoms with E-state index in [2.05, 4.69) is 13.8 Å². The normalized spacial score (nSPS) is 19.4. The van der Waals surface area contributed by atoms with Crippen LogP contribution in [0, 0.1) is 5.92 Å². The number of hydrogen-bond donors (Lipinski definition) is 0. The van der Waals surface area contributed by atoms with Crippen molar-refractivity contribution in [2.24, 2.45) is 15.9 Å². The van der Waals surface area contributed by atoms with Crippen LogP contribution in [0.1, 0.15) is 83.6 Å². The summed E-state index contributed by atoms with van der Waals surface area (Å²) in [6.07, 6.45) is 11.7. The van der Waals surface area contributed by atoms with Crippen molar-refractivity contribution in [2.45, 2.75) is 84.2 Å². The fraction of sp³-hybridized carbons (Fsp3) is 0.471. The fourth-order valence-electron chi connectivity index (χ4n) is 5.86. The standard InChI is InChI=1S/C34H40N2O4/c1-3-5-7-21-37-25-13-9-23(10-14-25)33-35-27-17-20-30-32-28(18-19-29(39-33)31(27)32)36-34(40-30)24-11-15-26(16-12-24)38-22-8-6-4-2/h9-10,13-14,17-20,24,26H,3-8,11-12,15-16,21-22H2,1-2H3. The number of unbranched alkanes of at least 4 members (excludes halogenated alkanes) is 4. The summed E-state index contributed by atoms with van der Waals surface area (Å²) in [6.45, 7) is 6.05. The maximum atomic E-state index is 6.43. The summed E-state index contributed by atoms with van der Waals surface area (Å²) in [5.74, 6) is 4.23. The zero-order chi connectivity index (χ0) is 27.3. The lowest BCUT2D eigenvalue weighted by Crippen LogP contribution is -2.30. The largest absolute Gasteiger partial charge is 0.494 e. The molecule has 6 heteroatoms. The molecule has 3 aliphatic rings. The molecular weight excluding hydrogens is 500 g/mol. The molecular formula is C34H40N2O4. The molecule has 6 nitrogen and oxygen atoms in total. The SMILES string of the molecule is CCCCCOc1ccc(C2=Nc3ccc4c5c(ccc(c35)O2)N=C(C2CCC(OCCCCC)CC2)O4)cc1. The Balaban J connectivity index is 1.16. The Morgan fingerprint density at radius 2 is 1.35 bits per heavy atom. The van der Waals surface area contributed by atoms with Gasteiger partial charge in [0, 0.05) is 18.1 Å². The Kier molecular flexibility index (Phi) is 8.33. The molecule has 2 heterocycles. The number of aliphatic imine (C=N–C) groups is 2. The average Bonchev–Trinajstić information content (AvgIpc) is 3.00. The van der Waals surface area contributed by atoms with E-state index in [0.29, 0.717) is 17.9 Å². The molecule has 0 atom stereocenters. The summed E-state index contributed by atoms with van der Waals surface area (Å²) < 4.78 is 24.7. The molecule has 1 saturated carbocycles. The number of hydrogen-bond acceptors (Lipinski definition) is 6. The number of benzene rings is 3. The van der Waals surface area contributed by atoms with Crippen LogP contribution in [-0.2, 0) is 4.74 Å². The molecule has 0 radical (unpaired) electrons. The lowest BCUT2D eigenvalue weighted by atomic mass is 9.86. The minimum Gasteiger partial charge on any atom is -0.494 e. The highest BCUT2D eigenvalue weighted by Crippen LogP contribution is 2.49. The molecule has 0 aromatic heterocycles. The third-order valence-electron chi connectivity index (χ3n) is 8.16. The molecule has 0 spiro atoms. The summed E-state index contributed by atoms with van der Waals surface area (Å²) in [7, 11) is 0. The minimum absolute atomic E-state index is 0.324. The molecule has 0 unspecified atom stereocenters. The Bertz CT molecular complexity index is 1390. The van der Waals surface area contributed by atoms with Gasteiger partial charge in [0.15, 0.2) is 5.90 Å². The summed E-state index contributed by atoms with van der Waals surface area (Å²) in [5, 5.41) is 1.94. The van der Waals surface area contributed by atoms with Gasteiger partial charge in [-0.25, -0.2) is 9.98 Å². The summed E-state index contributed by atoms with van der Waals surface area (Å²) >= 11 is 0. The summed E-state index contributed by atoms with van der Waals surface area (Å²) in [4.78, 5) is 9.88. The van der Waals surface area contributed by atoms with Crippen LogP contribution < -0.4 is 14.2 Å². The molecule has 3 aromatic rings. The highest BCUT2D eigenvalue weighted by atomic mass is 16.5. The molecule has 3 aromatic carbocycles. The molecule has 2 aliphatic heterocycles. The van der Waals surface area contributed by atoms with Crippen molar-refractivity contribution in [1.82, 2.24) is 0 Å². The first kappa shape index (κ1) is 26.8. The molecule has 210 valence electrons. The lowest BCUT2D eigenvalue weighted by molar-refractivity contribution is 0.0209. The molecule has 0 N–H and O–H groups in total. The van der Waals surface area contributed by atoms with Crippen LogP contribution in [0.25, 0.3) is 10.8 Å². The van der Waals surface area contributed by atoms with Crippen LogP contribution in [-0.4, -0.2) is 31.1 Å². The van der Waals surface area contributed by atoms with Crippen LogP contribution >= 0.6 is 0 Å². The van der Waals surface area contributed by atoms with E-state index in [4.69, 9.17) is 28.9 Å². The van der Waals surface area contributed by atoms with E-state index >= 15 is 0 Å². The monoisotopic (exact) mass is 540 g/mol. The Hall–Kier alpha value is -3.38. The van der Waals surface area contributed by atoms with Gasteiger partial charge < -0.3 is 18.9 Å². The Morgan fingerprint density at radius 3 is 2.05 bits per heavy atom. The maximum Gasteiger partial charge on any atom is 0.227 e. The van der Waals surface area contributed by atoms with E-state index in [1.165, 1.54) is 25.7 Å². The van der Waals surface area contributed by atoms with Crippen LogP contribution in [0.15, 0.2) is 58.5 Å². The zero-order valence-corrected chi connectivity index (χ0v) is 23.8. The smallest absolute Gasteiger partial charge is 0.227 e. The molecule has 1 fully saturated rings. The second-order valence-corrected chi connectivity index (χ2v) is 11.1. The van der Waals surface area contributed by atoms with Crippen molar-refractivity contribution < 1.29 is 18.9 Å². The molecule has 1 aliphatic carbocycles. The van der Waals surface area contributed by atoms with Crippen molar-refractivity contribution in [3.63, 3.8) is 0 Å². The van der Waals surface area contributed by atoms with Crippen molar-refractivity contribution in [1.29, 1.82) is 0 Å². The van der Waals surface area contributed by atoms with E-state index in [-0.39, 0.29) is 0 Å². The number of ether oxygens (including phenoxy) is 4. The third-order valence-corrected chi connectivity index (χ3v) is 8.16. The first-order valence-corrected chi connectivity index (χ1v) is 15.2. The lowest BCUT2D eigenvalue weighted by Gasteiger charge is -2.31. The van der Waals surface area contributed by atoms with E-state index < -0.39 is 0 Å². The second-order valence-electron chi connectivity index (χ2n) is 11.1. The zero-order valence-electron chi connectivity index (χ0n) is 23.8. The van der Waals surface area contributed by atoms with E-state index in [1.54, 1.807) is 0 Å². The van der Waals surface area contributed by atoms with Gasteiger partial charge in [-0.15, -0.1) is 0 Å². The number of nitrogens with zero attached hydrogens (tertiary/aromatic N) is 2. The molecule has 40 heavy (non-hydrogen) atoms. The van der Waals surface area contributed by atoms with Crippen LogP contribution in [0.3, 0.4) is 0 Å². The van der Waals surface area contributed by atoms with E-state index in [0.717, 1.165) is 103 Å². The molecule has 6 rings (SSSR count). The molecule has 0 amide bonds. The van der Waals surface area contributed by atoms with Crippen LogP contribution in [0.4, 0.5) is 11.4 Å². The van der Waals surface area contributed by atoms with Crippen molar-refractivity contribution in [3.8, 4) is 17.2 Å². The van der Waals surface area contributed by atoms with Gasteiger partial charge in [-0.2, -0.15) is 0 Å². The third kappa shape index (κ3) is 5.73.